The van der Waals surface area contributed by atoms with Crippen molar-refractivity contribution in [1.82, 2.24) is 14.9 Å². The molecule has 232 valence electrons. The van der Waals surface area contributed by atoms with E-state index in [1.165, 1.54) is 29.2 Å². The molecule has 1 saturated heterocycles. The number of amides is 2. The molecule has 1 N–H and O–H groups in total. The van der Waals surface area contributed by atoms with Gasteiger partial charge >= 0.3 is 12.3 Å². The Morgan fingerprint density at radius 1 is 1.07 bits per heavy atom. The van der Waals surface area contributed by atoms with Crippen molar-refractivity contribution in [2.75, 3.05) is 60.1 Å². The molecule has 16 heteroatoms. The van der Waals surface area contributed by atoms with Crippen molar-refractivity contribution in [3.05, 3.63) is 53.1 Å². The topological polar surface area (TPSA) is 125 Å². The highest BCUT2D eigenvalue weighted by molar-refractivity contribution is 7.92. The number of aryl methyl sites for hydroxylation is 1. The lowest BCUT2D eigenvalue weighted by Crippen LogP contribution is -2.49. The lowest BCUT2D eigenvalue weighted by atomic mass is 10.1. The summed E-state index contributed by atoms with van der Waals surface area (Å²) in [5, 5.41) is 0.170. The third kappa shape index (κ3) is 7.06. The predicted molar refractivity (Wildman–Crippen MR) is 152 cm³/mol. The minimum absolute atomic E-state index is 0.0169. The van der Waals surface area contributed by atoms with Crippen LogP contribution in [0.1, 0.15) is 35.6 Å². The molecule has 4 rings (SSSR count). The highest BCUT2D eigenvalue weighted by Gasteiger charge is 2.37. The molecule has 43 heavy (non-hydrogen) atoms. The van der Waals surface area contributed by atoms with E-state index in [0.717, 1.165) is 17.2 Å². The van der Waals surface area contributed by atoms with Gasteiger partial charge in [0.2, 0.25) is 15.8 Å². The first kappa shape index (κ1) is 31.7. The summed E-state index contributed by atoms with van der Waals surface area (Å²) in [5.74, 6) is -2.91. The van der Waals surface area contributed by atoms with E-state index in [9.17, 15) is 31.2 Å². The molecule has 1 aliphatic heterocycles. The molecule has 0 spiro atoms. The van der Waals surface area contributed by atoms with Gasteiger partial charge in [-0.3, -0.25) is 9.52 Å². The number of nitrogens with zero attached hydrogens (tertiary/aromatic N) is 5. The van der Waals surface area contributed by atoms with Gasteiger partial charge in [0.25, 0.3) is 5.91 Å². The molecule has 0 radical (unpaired) electrons. The summed E-state index contributed by atoms with van der Waals surface area (Å²) in [6.07, 6.45) is -4.44. The number of piperazine rings is 1. The number of hydrogen-bond acceptors (Lipinski definition) is 8. The Balaban J connectivity index is 1.73. The van der Waals surface area contributed by atoms with E-state index in [4.69, 9.17) is 4.74 Å². The molecule has 2 heterocycles. The minimum Gasteiger partial charge on any atom is -0.450 e. The standard InChI is InChI=1S/C27H30F4N6O5S/c1-5-37(22-13-16(3)21(15-19(22)28)34-43(4,40)41)24(38)17-7-8-20-18(14-17)23(33-25(32-20)27(29,30)31)35-9-11-36(12-10-35)26(39)42-6-2/h7-8,13-15,34H,5-6,9-12H2,1-4H3. The van der Waals surface area contributed by atoms with E-state index < -0.39 is 39.8 Å². The first-order chi connectivity index (χ1) is 20.1. The number of fused-ring (bicyclic) bond motifs is 1. The molecule has 0 bridgehead atoms. The Bertz CT molecular complexity index is 1660. The van der Waals surface area contributed by atoms with Crippen molar-refractivity contribution < 1.29 is 40.3 Å². The number of aromatic nitrogens is 2. The van der Waals surface area contributed by atoms with Crippen LogP contribution in [0.3, 0.4) is 0 Å². The Labute approximate surface area is 245 Å². The maximum Gasteiger partial charge on any atom is 0.451 e. The molecule has 0 atom stereocenters. The number of carbonyl (C=O) groups is 2. The van der Waals surface area contributed by atoms with Crippen molar-refractivity contribution in [1.29, 1.82) is 0 Å². The lowest BCUT2D eigenvalue weighted by Gasteiger charge is -2.35. The van der Waals surface area contributed by atoms with Gasteiger partial charge in [-0.2, -0.15) is 13.2 Å². The number of ether oxygens (including phenoxy) is 1. The van der Waals surface area contributed by atoms with Crippen molar-refractivity contribution in [2.24, 2.45) is 0 Å². The summed E-state index contributed by atoms with van der Waals surface area (Å²) >= 11 is 0. The van der Waals surface area contributed by atoms with Crippen molar-refractivity contribution in [3.63, 3.8) is 0 Å². The molecule has 0 aliphatic carbocycles. The Kier molecular flexibility index (Phi) is 8.99. The van der Waals surface area contributed by atoms with Gasteiger partial charge in [0.1, 0.15) is 11.6 Å². The average Bonchev–Trinajstić information content (AvgIpc) is 2.94. The van der Waals surface area contributed by atoms with E-state index in [1.807, 2.05) is 0 Å². The second-order valence-corrected chi connectivity index (χ2v) is 11.6. The van der Waals surface area contributed by atoms with Crippen LogP contribution in [0.15, 0.2) is 30.3 Å². The molecule has 2 aromatic carbocycles. The number of rotatable bonds is 7. The molecule has 0 unspecified atom stereocenters. The average molecular weight is 627 g/mol. The van der Waals surface area contributed by atoms with Crippen LogP contribution in [0.2, 0.25) is 0 Å². The lowest BCUT2D eigenvalue weighted by molar-refractivity contribution is -0.144. The molecule has 2 amide bonds. The van der Waals surface area contributed by atoms with Crippen LogP contribution in [0, 0.1) is 12.7 Å². The summed E-state index contributed by atoms with van der Waals surface area (Å²) in [5.41, 5.74) is 0.262. The predicted octanol–water partition coefficient (Wildman–Crippen LogP) is 4.41. The van der Waals surface area contributed by atoms with E-state index in [-0.39, 0.29) is 73.0 Å². The van der Waals surface area contributed by atoms with Crippen molar-refractivity contribution >= 4 is 50.1 Å². The van der Waals surface area contributed by atoms with Crippen molar-refractivity contribution in [3.8, 4) is 0 Å². The number of sulfonamides is 1. The van der Waals surface area contributed by atoms with E-state index >= 15 is 4.39 Å². The SMILES string of the molecule is CCOC(=O)N1CCN(c2nc(C(F)(F)F)nc3ccc(C(=O)N(CC)c4cc(C)c(NS(C)(=O)=O)cc4F)cc23)CC1. The summed E-state index contributed by atoms with van der Waals surface area (Å²) < 4.78 is 86.8. The van der Waals surface area contributed by atoms with Gasteiger partial charge in [0, 0.05) is 49.7 Å². The number of halogens is 4. The number of alkyl halides is 3. The van der Waals surface area contributed by atoms with Gasteiger partial charge in [0.05, 0.1) is 29.8 Å². The first-order valence-corrected chi connectivity index (χ1v) is 15.2. The summed E-state index contributed by atoms with van der Waals surface area (Å²) in [4.78, 5) is 37.4. The van der Waals surface area contributed by atoms with Gasteiger partial charge < -0.3 is 19.4 Å². The van der Waals surface area contributed by atoms with E-state index in [2.05, 4.69) is 14.7 Å². The Morgan fingerprint density at radius 2 is 1.74 bits per heavy atom. The van der Waals surface area contributed by atoms with Crippen LogP contribution in [0.5, 0.6) is 0 Å². The van der Waals surface area contributed by atoms with Crippen molar-refractivity contribution in [2.45, 2.75) is 26.9 Å². The molecular formula is C27H30F4N6O5S. The monoisotopic (exact) mass is 626 g/mol. The van der Waals surface area contributed by atoms with Crippen LogP contribution in [0.25, 0.3) is 10.9 Å². The first-order valence-electron chi connectivity index (χ1n) is 13.3. The largest absolute Gasteiger partial charge is 0.451 e. The molecular weight excluding hydrogens is 596 g/mol. The smallest absolute Gasteiger partial charge is 0.450 e. The highest BCUT2D eigenvalue weighted by Crippen LogP contribution is 2.34. The van der Waals surface area contributed by atoms with Crippen LogP contribution in [0.4, 0.5) is 39.5 Å². The quantitative estimate of drug-likeness (QED) is 0.383. The normalized spacial score (nSPS) is 14.1. The van der Waals surface area contributed by atoms with E-state index in [0.29, 0.717) is 5.56 Å². The second kappa shape index (κ2) is 12.2. The van der Waals surface area contributed by atoms with Gasteiger partial charge in [-0.05, 0) is 50.6 Å². The summed E-state index contributed by atoms with van der Waals surface area (Å²) in [6.45, 7) is 5.70. The van der Waals surface area contributed by atoms with Crippen LogP contribution >= 0.6 is 0 Å². The van der Waals surface area contributed by atoms with Crippen LogP contribution in [-0.2, 0) is 20.9 Å². The summed E-state index contributed by atoms with van der Waals surface area (Å²) in [7, 11) is -3.68. The molecule has 1 aliphatic rings. The van der Waals surface area contributed by atoms with Crippen LogP contribution in [-0.4, -0.2) is 80.9 Å². The van der Waals surface area contributed by atoms with Gasteiger partial charge in [-0.25, -0.2) is 27.6 Å². The fraction of sp³-hybridized carbons (Fsp3) is 0.407. The van der Waals surface area contributed by atoms with Gasteiger partial charge in [-0.15, -0.1) is 0 Å². The molecule has 11 nitrogen and oxygen atoms in total. The number of nitrogens with one attached hydrogen (secondary N) is 1. The second-order valence-electron chi connectivity index (χ2n) is 9.82. The van der Waals surface area contributed by atoms with E-state index in [1.54, 1.807) is 25.7 Å². The van der Waals surface area contributed by atoms with Crippen LogP contribution < -0.4 is 14.5 Å². The fourth-order valence-corrected chi connectivity index (χ4v) is 5.31. The number of carbonyl (C=O) groups excluding carboxylic acids is 2. The molecule has 0 saturated carbocycles. The zero-order valence-electron chi connectivity index (χ0n) is 23.8. The number of hydrogen-bond donors (Lipinski definition) is 1. The number of benzene rings is 2. The van der Waals surface area contributed by atoms with Gasteiger partial charge in [-0.1, -0.05) is 0 Å². The maximum absolute atomic E-state index is 15.2. The molecule has 1 fully saturated rings. The Hall–Kier alpha value is -4.21. The maximum atomic E-state index is 15.2. The minimum atomic E-state index is -4.84. The fourth-order valence-electron chi connectivity index (χ4n) is 4.69. The molecule has 1 aromatic heterocycles. The van der Waals surface area contributed by atoms with Gasteiger partial charge in [0.15, 0.2) is 0 Å². The number of anilines is 3. The molecule has 3 aromatic rings. The zero-order valence-corrected chi connectivity index (χ0v) is 24.6. The third-order valence-corrected chi connectivity index (χ3v) is 7.31. The Morgan fingerprint density at radius 3 is 2.33 bits per heavy atom. The third-order valence-electron chi connectivity index (χ3n) is 6.72. The summed E-state index contributed by atoms with van der Waals surface area (Å²) in [6, 6.07) is 6.23. The highest BCUT2D eigenvalue weighted by atomic mass is 32.2. The zero-order chi connectivity index (χ0) is 31.7.